The van der Waals surface area contributed by atoms with Crippen molar-refractivity contribution in [1.29, 1.82) is 0 Å². The summed E-state index contributed by atoms with van der Waals surface area (Å²) in [7, 11) is 0. The molecule has 0 aliphatic rings. The number of hydrogen-bond acceptors (Lipinski definition) is 4. The van der Waals surface area contributed by atoms with E-state index in [1.807, 2.05) is 6.92 Å². The number of nitrogens with zero attached hydrogens (tertiary/aromatic N) is 4. The summed E-state index contributed by atoms with van der Waals surface area (Å²) in [6, 6.07) is 0. The third kappa shape index (κ3) is 3.12. The first-order valence-electron chi connectivity index (χ1n) is 4.59. The SMILES string of the molecule is CCNCc1nnnn1CC(F)(F)C(F)F. The van der Waals surface area contributed by atoms with Crippen LogP contribution in [0.25, 0.3) is 0 Å². The van der Waals surface area contributed by atoms with Gasteiger partial charge in [-0.05, 0) is 17.0 Å². The first-order valence-corrected chi connectivity index (χ1v) is 4.59. The Balaban J connectivity index is 2.70. The van der Waals surface area contributed by atoms with E-state index in [1.165, 1.54) is 0 Å². The lowest BCUT2D eigenvalue weighted by Gasteiger charge is -2.15. The maximum Gasteiger partial charge on any atom is 0.326 e. The van der Waals surface area contributed by atoms with Crippen LogP contribution >= 0.6 is 0 Å². The molecular formula is C7H11F4N5. The largest absolute Gasteiger partial charge is 0.326 e. The van der Waals surface area contributed by atoms with Crippen LogP contribution in [-0.2, 0) is 13.1 Å². The van der Waals surface area contributed by atoms with Crippen LogP contribution in [0.4, 0.5) is 17.6 Å². The van der Waals surface area contributed by atoms with E-state index in [4.69, 9.17) is 0 Å². The van der Waals surface area contributed by atoms with Crippen LogP contribution < -0.4 is 5.32 Å². The zero-order valence-electron chi connectivity index (χ0n) is 8.50. The molecule has 0 fully saturated rings. The van der Waals surface area contributed by atoms with E-state index in [9.17, 15) is 17.6 Å². The van der Waals surface area contributed by atoms with Gasteiger partial charge in [0.05, 0.1) is 6.54 Å². The number of nitrogens with one attached hydrogen (secondary N) is 1. The molecule has 9 heteroatoms. The van der Waals surface area contributed by atoms with Crippen molar-refractivity contribution in [1.82, 2.24) is 25.5 Å². The average Bonchev–Trinajstić information content (AvgIpc) is 2.61. The average molecular weight is 241 g/mol. The van der Waals surface area contributed by atoms with Gasteiger partial charge in [-0.15, -0.1) is 5.10 Å². The second-order valence-corrected chi connectivity index (χ2v) is 3.09. The molecule has 92 valence electrons. The van der Waals surface area contributed by atoms with Crippen LogP contribution in [0.5, 0.6) is 0 Å². The van der Waals surface area contributed by atoms with E-state index in [0.717, 1.165) is 0 Å². The first-order chi connectivity index (χ1) is 7.47. The smallest absolute Gasteiger partial charge is 0.310 e. The van der Waals surface area contributed by atoms with Crippen molar-refractivity contribution in [2.75, 3.05) is 6.54 Å². The number of halogens is 4. The molecule has 0 amide bonds. The lowest BCUT2D eigenvalue weighted by molar-refractivity contribution is -0.139. The minimum absolute atomic E-state index is 0.0992. The molecule has 16 heavy (non-hydrogen) atoms. The summed E-state index contributed by atoms with van der Waals surface area (Å²) < 4.78 is 50.0. The maximum absolute atomic E-state index is 12.7. The predicted molar refractivity (Wildman–Crippen MR) is 46.1 cm³/mol. The molecule has 0 saturated heterocycles. The van der Waals surface area contributed by atoms with E-state index in [1.54, 1.807) is 0 Å². The van der Waals surface area contributed by atoms with Crippen molar-refractivity contribution in [3.63, 3.8) is 0 Å². The zero-order valence-corrected chi connectivity index (χ0v) is 8.50. The summed E-state index contributed by atoms with van der Waals surface area (Å²) >= 11 is 0. The van der Waals surface area contributed by atoms with Gasteiger partial charge in [0.2, 0.25) is 0 Å². The van der Waals surface area contributed by atoms with E-state index in [0.29, 0.717) is 11.2 Å². The standard InChI is InChI=1S/C7H11F4N5/c1-2-12-3-5-13-14-15-16(5)4-7(10,11)6(8)9/h6,12H,2-4H2,1H3. The van der Waals surface area contributed by atoms with Crippen LogP contribution in [0.2, 0.25) is 0 Å². The number of alkyl halides is 4. The fraction of sp³-hybridized carbons (Fsp3) is 0.857. The topological polar surface area (TPSA) is 55.6 Å². The minimum atomic E-state index is -4.13. The van der Waals surface area contributed by atoms with E-state index in [2.05, 4.69) is 20.8 Å². The Morgan fingerprint density at radius 2 is 2.12 bits per heavy atom. The van der Waals surface area contributed by atoms with E-state index < -0.39 is 18.9 Å². The number of rotatable bonds is 6. The van der Waals surface area contributed by atoms with Crippen LogP contribution in [0.1, 0.15) is 12.7 Å². The highest BCUT2D eigenvalue weighted by Crippen LogP contribution is 2.24. The summed E-state index contributed by atoms with van der Waals surface area (Å²) in [6.07, 6.45) is -3.73. The molecule has 0 radical (unpaired) electrons. The molecule has 1 heterocycles. The Bertz CT molecular complexity index is 326. The lowest BCUT2D eigenvalue weighted by atomic mass is 10.3. The molecule has 1 rings (SSSR count). The molecule has 0 aliphatic carbocycles. The molecule has 1 aromatic rings. The summed E-state index contributed by atoms with van der Waals surface area (Å²) in [5, 5.41) is 12.7. The monoisotopic (exact) mass is 241 g/mol. The molecule has 1 aromatic heterocycles. The Kier molecular flexibility index (Phi) is 4.16. The quantitative estimate of drug-likeness (QED) is 0.744. The molecule has 5 nitrogen and oxygen atoms in total. The van der Waals surface area contributed by atoms with Crippen LogP contribution in [0.3, 0.4) is 0 Å². The van der Waals surface area contributed by atoms with E-state index in [-0.39, 0.29) is 12.4 Å². The number of aromatic nitrogens is 4. The van der Waals surface area contributed by atoms with Crippen LogP contribution in [0.15, 0.2) is 0 Å². The van der Waals surface area contributed by atoms with Gasteiger partial charge >= 0.3 is 12.3 Å². The number of tetrazole rings is 1. The van der Waals surface area contributed by atoms with Crippen molar-refractivity contribution in [2.45, 2.75) is 32.4 Å². The van der Waals surface area contributed by atoms with Gasteiger partial charge in [-0.3, -0.25) is 0 Å². The molecule has 0 spiro atoms. The summed E-state index contributed by atoms with van der Waals surface area (Å²) in [6.45, 7) is 1.33. The predicted octanol–water partition coefficient (Wildman–Crippen LogP) is 0.683. The van der Waals surface area contributed by atoms with Gasteiger partial charge in [0.15, 0.2) is 5.82 Å². The third-order valence-electron chi connectivity index (χ3n) is 1.82. The molecule has 0 aliphatic heterocycles. The fourth-order valence-corrected chi connectivity index (χ4v) is 0.978. The van der Waals surface area contributed by atoms with Gasteiger partial charge in [0.1, 0.15) is 6.54 Å². The lowest BCUT2D eigenvalue weighted by Crippen LogP contribution is -2.33. The molecule has 0 bridgehead atoms. The summed E-state index contributed by atoms with van der Waals surface area (Å²) in [4.78, 5) is 0. The highest BCUT2D eigenvalue weighted by atomic mass is 19.3. The summed E-state index contributed by atoms with van der Waals surface area (Å²) in [5.41, 5.74) is 0. The molecule has 0 atom stereocenters. The van der Waals surface area contributed by atoms with Gasteiger partial charge in [0, 0.05) is 0 Å². The first kappa shape index (κ1) is 12.8. The highest BCUT2D eigenvalue weighted by Gasteiger charge is 2.42. The molecule has 1 N–H and O–H groups in total. The summed E-state index contributed by atoms with van der Waals surface area (Å²) in [5.74, 6) is -4.03. The maximum atomic E-state index is 12.7. The van der Waals surface area contributed by atoms with Gasteiger partial charge in [-0.1, -0.05) is 6.92 Å². The van der Waals surface area contributed by atoms with Crippen molar-refractivity contribution in [3.05, 3.63) is 5.82 Å². The molecule has 0 saturated carbocycles. The van der Waals surface area contributed by atoms with Gasteiger partial charge in [-0.2, -0.15) is 8.78 Å². The van der Waals surface area contributed by atoms with Crippen molar-refractivity contribution in [2.24, 2.45) is 0 Å². The van der Waals surface area contributed by atoms with Gasteiger partial charge in [-0.25, -0.2) is 13.5 Å². The zero-order chi connectivity index (χ0) is 12.2. The molecular weight excluding hydrogens is 230 g/mol. The van der Waals surface area contributed by atoms with Crippen molar-refractivity contribution < 1.29 is 17.6 Å². The Morgan fingerprint density at radius 3 is 2.69 bits per heavy atom. The third-order valence-corrected chi connectivity index (χ3v) is 1.82. The second kappa shape index (κ2) is 5.19. The second-order valence-electron chi connectivity index (χ2n) is 3.09. The van der Waals surface area contributed by atoms with Crippen LogP contribution in [-0.4, -0.2) is 39.1 Å². The van der Waals surface area contributed by atoms with Gasteiger partial charge in [0.25, 0.3) is 0 Å². The van der Waals surface area contributed by atoms with Crippen molar-refractivity contribution in [3.8, 4) is 0 Å². The fourth-order valence-electron chi connectivity index (χ4n) is 0.978. The molecule has 0 unspecified atom stereocenters. The van der Waals surface area contributed by atoms with E-state index >= 15 is 0 Å². The normalized spacial score (nSPS) is 12.4. The number of hydrogen-bond donors (Lipinski definition) is 1. The molecule has 0 aromatic carbocycles. The Morgan fingerprint density at radius 1 is 1.44 bits per heavy atom. The van der Waals surface area contributed by atoms with Crippen molar-refractivity contribution >= 4 is 0 Å². The van der Waals surface area contributed by atoms with Crippen LogP contribution in [0, 0.1) is 0 Å². The Labute approximate surface area is 88.8 Å². The Hall–Kier alpha value is -1.25. The minimum Gasteiger partial charge on any atom is -0.310 e. The highest BCUT2D eigenvalue weighted by molar-refractivity contribution is 4.82. The van der Waals surface area contributed by atoms with Gasteiger partial charge < -0.3 is 5.32 Å².